The van der Waals surface area contributed by atoms with E-state index in [9.17, 15) is 14.4 Å². The van der Waals surface area contributed by atoms with Crippen molar-refractivity contribution >= 4 is 17.7 Å². The minimum absolute atomic E-state index is 0.0354. The normalized spacial score (nSPS) is 11.1. The number of benzene rings is 1. The first-order valence-corrected chi connectivity index (χ1v) is 6.62. The van der Waals surface area contributed by atoms with Gasteiger partial charge in [-0.05, 0) is 32.1 Å². The van der Waals surface area contributed by atoms with Gasteiger partial charge in [0.2, 0.25) is 0 Å². The van der Waals surface area contributed by atoms with E-state index in [0.717, 1.165) is 5.69 Å². The third kappa shape index (κ3) is 3.04. The molecular formula is C16H15FN4O. The first-order valence-electron chi connectivity index (χ1n) is 6.62. The molecule has 22 heavy (non-hydrogen) atoms. The van der Waals surface area contributed by atoms with Crippen LogP contribution in [0.25, 0.3) is 6.08 Å². The lowest BCUT2D eigenvalue weighted by atomic mass is 10.1. The molecule has 0 bridgehead atoms. The molecule has 1 aromatic carbocycles. The molecule has 1 amide bonds. The molecule has 0 unspecified atom stereocenters. The number of amides is 1. The number of halogens is 1. The van der Waals surface area contributed by atoms with Crippen LogP contribution >= 0.6 is 0 Å². The highest BCUT2D eigenvalue weighted by Crippen LogP contribution is 2.18. The van der Waals surface area contributed by atoms with Crippen molar-refractivity contribution in [3.63, 3.8) is 0 Å². The highest BCUT2D eigenvalue weighted by molar-refractivity contribution is 6.09. The molecule has 1 aromatic heterocycles. The van der Waals surface area contributed by atoms with Crippen LogP contribution in [0, 0.1) is 31.0 Å². The summed E-state index contributed by atoms with van der Waals surface area (Å²) in [5.74, 6) is -1.21. The van der Waals surface area contributed by atoms with Gasteiger partial charge in [0.25, 0.3) is 5.91 Å². The van der Waals surface area contributed by atoms with Gasteiger partial charge in [-0.15, -0.1) is 0 Å². The Morgan fingerprint density at radius 2 is 2.09 bits per heavy atom. The van der Waals surface area contributed by atoms with Gasteiger partial charge in [0, 0.05) is 18.3 Å². The maximum Gasteiger partial charge on any atom is 0.266 e. The lowest BCUT2D eigenvalue weighted by molar-refractivity contribution is -0.112. The number of aryl methyl sites for hydroxylation is 2. The summed E-state index contributed by atoms with van der Waals surface area (Å²) in [7, 11) is 1.78. The van der Waals surface area contributed by atoms with Crippen LogP contribution in [0.3, 0.4) is 0 Å². The largest absolute Gasteiger partial charge is 0.319 e. The zero-order chi connectivity index (χ0) is 16.3. The smallest absolute Gasteiger partial charge is 0.266 e. The summed E-state index contributed by atoms with van der Waals surface area (Å²) in [5.41, 5.74) is 2.19. The van der Waals surface area contributed by atoms with Gasteiger partial charge in [-0.2, -0.15) is 10.4 Å². The Hall–Kier alpha value is -2.94. The highest BCUT2D eigenvalue weighted by Gasteiger charge is 2.14. The molecule has 2 rings (SSSR count). The summed E-state index contributed by atoms with van der Waals surface area (Å²) >= 11 is 0. The number of aromatic nitrogens is 2. The van der Waals surface area contributed by atoms with Crippen LogP contribution in [0.15, 0.2) is 29.8 Å². The topological polar surface area (TPSA) is 70.7 Å². The lowest BCUT2D eigenvalue weighted by Gasteiger charge is -2.05. The lowest BCUT2D eigenvalue weighted by Crippen LogP contribution is -2.14. The number of anilines is 1. The first kappa shape index (κ1) is 15.4. The number of rotatable bonds is 3. The van der Waals surface area contributed by atoms with Gasteiger partial charge in [-0.1, -0.05) is 12.1 Å². The second-order valence-corrected chi connectivity index (χ2v) is 4.81. The fourth-order valence-electron chi connectivity index (χ4n) is 2.04. The molecule has 0 atom stereocenters. The minimum atomic E-state index is -0.657. The Kier molecular flexibility index (Phi) is 4.37. The standard InChI is InChI=1S/C16H15FN4O/c1-10-13(11(2)21(3)20-10)8-12(9-18)16(22)19-15-7-5-4-6-14(15)17/h4-8H,1-3H3,(H,19,22). The first-order chi connectivity index (χ1) is 10.4. The fourth-order valence-corrected chi connectivity index (χ4v) is 2.04. The Balaban J connectivity index is 2.32. The van der Waals surface area contributed by atoms with E-state index >= 15 is 0 Å². The molecule has 0 fully saturated rings. The third-order valence-electron chi connectivity index (χ3n) is 3.34. The maximum atomic E-state index is 13.5. The highest BCUT2D eigenvalue weighted by atomic mass is 19.1. The Bertz CT molecular complexity index is 799. The van der Waals surface area contributed by atoms with E-state index in [1.54, 1.807) is 24.7 Å². The number of hydrogen-bond acceptors (Lipinski definition) is 3. The Morgan fingerprint density at radius 1 is 1.41 bits per heavy atom. The number of nitrogens with zero attached hydrogens (tertiary/aromatic N) is 3. The van der Waals surface area contributed by atoms with Crippen molar-refractivity contribution in [1.82, 2.24) is 9.78 Å². The molecule has 2 aromatic rings. The van der Waals surface area contributed by atoms with E-state index < -0.39 is 11.7 Å². The summed E-state index contributed by atoms with van der Waals surface area (Å²) in [6, 6.07) is 7.64. The van der Waals surface area contributed by atoms with Gasteiger partial charge in [-0.25, -0.2) is 4.39 Å². The van der Waals surface area contributed by atoms with Crippen molar-refractivity contribution in [2.75, 3.05) is 5.32 Å². The fraction of sp³-hybridized carbons (Fsp3) is 0.188. The van der Waals surface area contributed by atoms with E-state index in [2.05, 4.69) is 10.4 Å². The predicted molar refractivity (Wildman–Crippen MR) is 81.3 cm³/mol. The monoisotopic (exact) mass is 298 g/mol. The molecule has 112 valence electrons. The Labute approximate surface area is 127 Å². The van der Waals surface area contributed by atoms with Crippen LogP contribution in [0.2, 0.25) is 0 Å². The minimum Gasteiger partial charge on any atom is -0.319 e. The van der Waals surface area contributed by atoms with Crippen molar-refractivity contribution in [2.24, 2.45) is 7.05 Å². The van der Waals surface area contributed by atoms with E-state index in [1.165, 1.54) is 24.3 Å². The van der Waals surface area contributed by atoms with E-state index in [0.29, 0.717) is 11.3 Å². The zero-order valence-electron chi connectivity index (χ0n) is 12.5. The zero-order valence-corrected chi connectivity index (χ0v) is 12.5. The van der Waals surface area contributed by atoms with Crippen molar-refractivity contribution in [2.45, 2.75) is 13.8 Å². The number of hydrogen-bond donors (Lipinski definition) is 1. The molecule has 0 radical (unpaired) electrons. The van der Waals surface area contributed by atoms with Gasteiger partial charge < -0.3 is 5.32 Å². The van der Waals surface area contributed by atoms with Crippen LogP contribution in [-0.2, 0) is 11.8 Å². The van der Waals surface area contributed by atoms with Crippen molar-refractivity contribution in [1.29, 1.82) is 5.26 Å². The molecule has 0 aliphatic rings. The van der Waals surface area contributed by atoms with Crippen molar-refractivity contribution in [3.05, 3.63) is 52.6 Å². The predicted octanol–water partition coefficient (Wildman–Crippen LogP) is 2.72. The van der Waals surface area contributed by atoms with Gasteiger partial charge in [0.1, 0.15) is 17.5 Å². The van der Waals surface area contributed by atoms with Crippen LogP contribution in [-0.4, -0.2) is 15.7 Å². The third-order valence-corrected chi connectivity index (χ3v) is 3.34. The van der Waals surface area contributed by atoms with Crippen LogP contribution < -0.4 is 5.32 Å². The van der Waals surface area contributed by atoms with E-state index in [1.807, 2.05) is 13.0 Å². The SMILES string of the molecule is Cc1nn(C)c(C)c1C=C(C#N)C(=O)Nc1ccccc1F. The van der Waals surface area contributed by atoms with Gasteiger partial charge in [-0.3, -0.25) is 9.48 Å². The molecule has 0 aliphatic carbocycles. The summed E-state index contributed by atoms with van der Waals surface area (Å²) in [6.07, 6.45) is 1.47. The molecule has 0 spiro atoms. The van der Waals surface area contributed by atoms with Crippen LogP contribution in [0.1, 0.15) is 17.0 Å². The van der Waals surface area contributed by atoms with Crippen LogP contribution in [0.5, 0.6) is 0 Å². The average Bonchev–Trinajstić information content (AvgIpc) is 2.72. The summed E-state index contributed by atoms with van der Waals surface area (Å²) in [6.45, 7) is 3.64. The number of nitrogens with one attached hydrogen (secondary N) is 1. The van der Waals surface area contributed by atoms with E-state index in [4.69, 9.17) is 0 Å². The Morgan fingerprint density at radius 3 is 2.64 bits per heavy atom. The van der Waals surface area contributed by atoms with Crippen molar-refractivity contribution < 1.29 is 9.18 Å². The number of carbonyl (C=O) groups is 1. The molecular weight excluding hydrogens is 283 g/mol. The number of para-hydroxylation sites is 1. The molecule has 0 saturated carbocycles. The summed E-state index contributed by atoms with van der Waals surface area (Å²) in [5, 5.41) is 15.8. The molecule has 1 N–H and O–H groups in total. The average molecular weight is 298 g/mol. The number of nitriles is 1. The summed E-state index contributed by atoms with van der Waals surface area (Å²) < 4.78 is 15.2. The van der Waals surface area contributed by atoms with Crippen LogP contribution in [0.4, 0.5) is 10.1 Å². The maximum absolute atomic E-state index is 13.5. The quantitative estimate of drug-likeness (QED) is 0.699. The molecule has 0 saturated heterocycles. The number of carbonyl (C=O) groups excluding carboxylic acids is 1. The molecule has 6 heteroatoms. The van der Waals surface area contributed by atoms with Gasteiger partial charge in [0.05, 0.1) is 11.4 Å². The molecule has 1 heterocycles. The second-order valence-electron chi connectivity index (χ2n) is 4.81. The summed E-state index contributed by atoms with van der Waals surface area (Å²) in [4.78, 5) is 12.1. The molecule has 0 aliphatic heterocycles. The van der Waals surface area contributed by atoms with Gasteiger partial charge in [0.15, 0.2) is 0 Å². The van der Waals surface area contributed by atoms with Gasteiger partial charge >= 0.3 is 0 Å². The second kappa shape index (κ2) is 6.22. The molecule has 5 nitrogen and oxygen atoms in total. The van der Waals surface area contributed by atoms with E-state index in [-0.39, 0.29) is 11.3 Å². The van der Waals surface area contributed by atoms with Crippen molar-refractivity contribution in [3.8, 4) is 6.07 Å².